The molecule has 4 N–H and O–H groups in total. The van der Waals surface area contributed by atoms with E-state index in [4.69, 9.17) is 21.8 Å². The standard InChI is InChI=1S/C27H30ClN3O2.C4H4O4/c28-24-14-7-8-15-25(24)31-20-18-30(19-21-31)17-9-16-29-26(32)27(33,22-10-3-1-4-11-22)23-12-5-2-6-13-23;5-3(6)1-2-4(7)8/h1-8,10-15,33H,9,16-21H2,(H,29,32);1-2H,(H,5,6)(H,7,8)/b;2-1+. The van der Waals surface area contributed by atoms with Crippen molar-refractivity contribution in [1.29, 1.82) is 0 Å². The predicted octanol–water partition coefficient (Wildman–Crippen LogP) is 3.62. The lowest BCUT2D eigenvalue weighted by Crippen LogP contribution is -2.48. The van der Waals surface area contributed by atoms with Crippen molar-refractivity contribution >= 4 is 35.1 Å². The maximum absolute atomic E-state index is 13.2. The van der Waals surface area contributed by atoms with Crippen LogP contribution in [0.15, 0.2) is 97.1 Å². The van der Waals surface area contributed by atoms with Gasteiger partial charge in [0.05, 0.1) is 10.7 Å². The highest BCUT2D eigenvalue weighted by Crippen LogP contribution is 2.30. The molecule has 0 saturated carbocycles. The van der Waals surface area contributed by atoms with E-state index < -0.39 is 23.4 Å². The van der Waals surface area contributed by atoms with Crippen molar-refractivity contribution in [3.05, 3.63) is 113 Å². The molecular weight excluding hydrogens is 546 g/mol. The Balaban J connectivity index is 0.000000507. The van der Waals surface area contributed by atoms with Crippen LogP contribution in [-0.2, 0) is 20.0 Å². The molecule has 4 rings (SSSR count). The molecule has 41 heavy (non-hydrogen) atoms. The Labute approximate surface area is 244 Å². The lowest BCUT2D eigenvalue weighted by atomic mass is 9.85. The van der Waals surface area contributed by atoms with Gasteiger partial charge in [0.1, 0.15) is 0 Å². The van der Waals surface area contributed by atoms with Crippen LogP contribution in [0.3, 0.4) is 0 Å². The van der Waals surface area contributed by atoms with Crippen LogP contribution in [0, 0.1) is 0 Å². The predicted molar refractivity (Wildman–Crippen MR) is 158 cm³/mol. The molecule has 0 aliphatic carbocycles. The van der Waals surface area contributed by atoms with Gasteiger partial charge in [-0.2, -0.15) is 0 Å². The van der Waals surface area contributed by atoms with Gasteiger partial charge < -0.3 is 25.5 Å². The monoisotopic (exact) mass is 579 g/mol. The van der Waals surface area contributed by atoms with Crippen molar-refractivity contribution in [1.82, 2.24) is 10.2 Å². The number of hydrogen-bond acceptors (Lipinski definition) is 6. The second-order valence-electron chi connectivity index (χ2n) is 9.34. The lowest BCUT2D eigenvalue weighted by Gasteiger charge is -2.36. The molecule has 3 aromatic carbocycles. The zero-order chi connectivity index (χ0) is 29.7. The van der Waals surface area contributed by atoms with Crippen molar-refractivity contribution in [2.75, 3.05) is 44.2 Å². The van der Waals surface area contributed by atoms with Crippen LogP contribution in [-0.4, -0.2) is 77.3 Å². The number of carbonyl (C=O) groups excluding carboxylic acids is 1. The first-order chi connectivity index (χ1) is 19.7. The molecule has 0 radical (unpaired) electrons. The van der Waals surface area contributed by atoms with Crippen LogP contribution < -0.4 is 10.2 Å². The fourth-order valence-electron chi connectivity index (χ4n) is 4.48. The van der Waals surface area contributed by atoms with Gasteiger partial charge in [0, 0.05) is 44.9 Å². The van der Waals surface area contributed by atoms with E-state index in [9.17, 15) is 19.5 Å². The van der Waals surface area contributed by atoms with E-state index >= 15 is 0 Å². The van der Waals surface area contributed by atoms with Gasteiger partial charge in [0.25, 0.3) is 5.91 Å². The Bertz CT molecular complexity index is 1260. The fraction of sp³-hybridized carbons (Fsp3) is 0.258. The maximum atomic E-state index is 13.2. The van der Waals surface area contributed by atoms with E-state index in [1.807, 2.05) is 54.6 Å². The number of aliphatic carboxylic acids is 2. The summed E-state index contributed by atoms with van der Waals surface area (Å²) in [6.07, 6.45) is 1.93. The first kappa shape index (κ1) is 31.3. The number of carboxylic acids is 2. The topological polar surface area (TPSA) is 130 Å². The molecule has 1 fully saturated rings. The van der Waals surface area contributed by atoms with E-state index in [0.29, 0.717) is 29.8 Å². The number of anilines is 1. The molecule has 1 heterocycles. The highest BCUT2D eigenvalue weighted by molar-refractivity contribution is 6.33. The molecular formula is C31H34ClN3O6. The van der Waals surface area contributed by atoms with E-state index in [2.05, 4.69) is 21.2 Å². The highest BCUT2D eigenvalue weighted by Gasteiger charge is 2.39. The summed E-state index contributed by atoms with van der Waals surface area (Å²) in [7, 11) is 0. The van der Waals surface area contributed by atoms with E-state index in [0.717, 1.165) is 49.9 Å². The summed E-state index contributed by atoms with van der Waals surface area (Å²) >= 11 is 6.34. The first-order valence-corrected chi connectivity index (χ1v) is 13.6. The minimum absolute atomic E-state index is 0.400. The SMILES string of the molecule is O=C(NCCCN1CCN(c2ccccc2Cl)CC1)C(O)(c1ccccc1)c1ccccc1.O=C(O)/C=C/C(=O)O. The van der Waals surface area contributed by atoms with Gasteiger partial charge in [-0.05, 0) is 36.2 Å². The minimum Gasteiger partial charge on any atom is -0.478 e. The average Bonchev–Trinajstić information content (AvgIpc) is 2.99. The van der Waals surface area contributed by atoms with Crippen molar-refractivity contribution in [2.45, 2.75) is 12.0 Å². The fourth-order valence-corrected chi connectivity index (χ4v) is 4.74. The Hall–Kier alpha value is -4.18. The van der Waals surface area contributed by atoms with Gasteiger partial charge in [-0.25, -0.2) is 9.59 Å². The zero-order valence-electron chi connectivity index (χ0n) is 22.5. The lowest BCUT2D eigenvalue weighted by molar-refractivity contribution is -0.136. The van der Waals surface area contributed by atoms with Gasteiger partial charge in [-0.15, -0.1) is 0 Å². The normalized spacial score (nSPS) is 13.8. The number of amides is 1. The molecule has 216 valence electrons. The summed E-state index contributed by atoms with van der Waals surface area (Å²) in [5, 5.41) is 30.9. The van der Waals surface area contributed by atoms with Crippen molar-refractivity contribution in [3.63, 3.8) is 0 Å². The van der Waals surface area contributed by atoms with Crippen molar-refractivity contribution in [3.8, 4) is 0 Å². The smallest absolute Gasteiger partial charge is 0.328 e. The van der Waals surface area contributed by atoms with Crippen molar-refractivity contribution in [2.24, 2.45) is 0 Å². The second kappa shape index (κ2) is 15.6. The van der Waals surface area contributed by atoms with Crippen LogP contribution >= 0.6 is 11.6 Å². The quantitative estimate of drug-likeness (QED) is 0.212. The van der Waals surface area contributed by atoms with E-state index in [-0.39, 0.29) is 0 Å². The molecule has 0 aromatic heterocycles. The number of nitrogens with zero attached hydrogens (tertiary/aromatic N) is 2. The van der Waals surface area contributed by atoms with Crippen molar-refractivity contribution < 1.29 is 29.7 Å². The third-order valence-corrected chi connectivity index (χ3v) is 6.90. The number of aliphatic hydroxyl groups is 1. The number of benzene rings is 3. The Kier molecular flexibility index (Phi) is 11.9. The number of halogens is 1. The summed E-state index contributed by atoms with van der Waals surface area (Å²) in [5.41, 5.74) is 0.490. The number of carboxylic acid groups (broad SMARTS) is 2. The maximum Gasteiger partial charge on any atom is 0.328 e. The van der Waals surface area contributed by atoms with Gasteiger partial charge in [-0.3, -0.25) is 9.69 Å². The number of nitrogens with one attached hydrogen (secondary N) is 1. The summed E-state index contributed by atoms with van der Waals surface area (Å²) in [6, 6.07) is 26.2. The third kappa shape index (κ3) is 9.18. The number of rotatable bonds is 10. The minimum atomic E-state index is -1.72. The molecule has 0 unspecified atom stereocenters. The number of piperazine rings is 1. The Morgan fingerprint density at radius 1 is 0.780 bits per heavy atom. The number of para-hydroxylation sites is 1. The summed E-state index contributed by atoms with van der Waals surface area (Å²) in [5.74, 6) is -2.91. The molecule has 1 aliphatic rings. The number of carbonyl (C=O) groups is 3. The average molecular weight is 580 g/mol. The number of hydrogen-bond donors (Lipinski definition) is 4. The summed E-state index contributed by atoms with van der Waals surface area (Å²) < 4.78 is 0. The Morgan fingerprint density at radius 2 is 1.27 bits per heavy atom. The van der Waals surface area contributed by atoms with Crippen LogP contribution in [0.25, 0.3) is 0 Å². The van der Waals surface area contributed by atoms with Gasteiger partial charge >= 0.3 is 11.9 Å². The van der Waals surface area contributed by atoms with E-state index in [1.165, 1.54) is 0 Å². The summed E-state index contributed by atoms with van der Waals surface area (Å²) in [4.78, 5) is 37.0. The second-order valence-corrected chi connectivity index (χ2v) is 9.75. The molecule has 1 amide bonds. The zero-order valence-corrected chi connectivity index (χ0v) is 23.3. The largest absolute Gasteiger partial charge is 0.478 e. The molecule has 0 bridgehead atoms. The summed E-state index contributed by atoms with van der Waals surface area (Å²) in [6.45, 7) is 5.17. The van der Waals surface area contributed by atoms with Gasteiger partial charge in [0.15, 0.2) is 5.60 Å². The van der Waals surface area contributed by atoms with Gasteiger partial charge in [0.2, 0.25) is 0 Å². The third-order valence-electron chi connectivity index (χ3n) is 6.58. The Morgan fingerprint density at radius 3 is 1.76 bits per heavy atom. The van der Waals surface area contributed by atoms with Crippen LogP contribution in [0.1, 0.15) is 17.5 Å². The molecule has 3 aromatic rings. The molecule has 10 heteroatoms. The van der Waals surface area contributed by atoms with Gasteiger partial charge in [-0.1, -0.05) is 84.4 Å². The molecule has 1 saturated heterocycles. The molecule has 0 atom stereocenters. The molecule has 9 nitrogen and oxygen atoms in total. The molecule has 1 aliphatic heterocycles. The first-order valence-electron chi connectivity index (χ1n) is 13.2. The van der Waals surface area contributed by atoms with Crippen LogP contribution in [0.5, 0.6) is 0 Å². The van der Waals surface area contributed by atoms with Crippen LogP contribution in [0.2, 0.25) is 5.02 Å². The molecule has 0 spiro atoms. The van der Waals surface area contributed by atoms with E-state index in [1.54, 1.807) is 24.3 Å². The highest BCUT2D eigenvalue weighted by atomic mass is 35.5. The van der Waals surface area contributed by atoms with Crippen LogP contribution in [0.4, 0.5) is 5.69 Å².